The van der Waals surface area contributed by atoms with E-state index in [2.05, 4.69) is 5.32 Å². The van der Waals surface area contributed by atoms with Crippen LogP contribution >= 0.6 is 0 Å². The van der Waals surface area contributed by atoms with Crippen LogP contribution in [0.3, 0.4) is 0 Å². The Morgan fingerprint density at radius 3 is 2.32 bits per heavy atom. The lowest BCUT2D eigenvalue weighted by molar-refractivity contribution is 0.0953. The first-order valence-corrected chi connectivity index (χ1v) is 10.5. The number of furan rings is 1. The van der Waals surface area contributed by atoms with E-state index in [-0.39, 0.29) is 17.3 Å². The zero-order valence-electron chi connectivity index (χ0n) is 16.1. The van der Waals surface area contributed by atoms with E-state index in [1.807, 2.05) is 32.9 Å². The summed E-state index contributed by atoms with van der Waals surface area (Å²) >= 11 is 0. The quantitative estimate of drug-likeness (QED) is 0.678. The van der Waals surface area contributed by atoms with Crippen molar-refractivity contribution < 1.29 is 17.6 Å². The molecule has 0 fully saturated rings. The molecule has 6 heteroatoms. The third-order valence-electron chi connectivity index (χ3n) is 4.80. The Hall–Kier alpha value is -2.86. The van der Waals surface area contributed by atoms with Gasteiger partial charge in [0.05, 0.1) is 11.2 Å². The van der Waals surface area contributed by atoms with Gasteiger partial charge in [0.15, 0.2) is 9.84 Å². The average molecular weight is 397 g/mol. The molecule has 0 bridgehead atoms. The highest BCUT2D eigenvalue weighted by molar-refractivity contribution is 7.91. The van der Waals surface area contributed by atoms with Gasteiger partial charge < -0.3 is 9.73 Å². The minimum atomic E-state index is -3.76. The molecule has 1 N–H and O–H groups in total. The van der Waals surface area contributed by atoms with Gasteiger partial charge in [-0.25, -0.2) is 8.42 Å². The van der Waals surface area contributed by atoms with Gasteiger partial charge in [0, 0.05) is 12.1 Å². The van der Waals surface area contributed by atoms with Crippen LogP contribution in [0.15, 0.2) is 70.2 Å². The van der Waals surface area contributed by atoms with Gasteiger partial charge in [-0.2, -0.15) is 0 Å². The number of benzene rings is 2. The number of hydrogen-bond acceptors (Lipinski definition) is 4. The van der Waals surface area contributed by atoms with Crippen LogP contribution in [0.4, 0.5) is 0 Å². The van der Waals surface area contributed by atoms with E-state index in [0.29, 0.717) is 11.3 Å². The fourth-order valence-corrected chi connectivity index (χ4v) is 4.56. The topological polar surface area (TPSA) is 76.4 Å². The highest BCUT2D eigenvalue weighted by Gasteiger charge is 2.32. The molecule has 28 heavy (non-hydrogen) atoms. The van der Waals surface area contributed by atoms with E-state index < -0.39 is 15.1 Å². The SMILES string of the molecule is Cc1ccc(C(=O)NC[C@H](c2ccco2)S(=O)(=O)c2ccc(C)c(C)c2)cc1. The molecule has 3 aromatic rings. The molecule has 1 heterocycles. The largest absolute Gasteiger partial charge is 0.468 e. The third kappa shape index (κ3) is 4.17. The smallest absolute Gasteiger partial charge is 0.251 e. The summed E-state index contributed by atoms with van der Waals surface area (Å²) in [5, 5.41) is 1.72. The van der Waals surface area contributed by atoms with Crippen LogP contribution in [-0.4, -0.2) is 20.9 Å². The van der Waals surface area contributed by atoms with Crippen molar-refractivity contribution in [2.75, 3.05) is 6.54 Å². The van der Waals surface area contributed by atoms with E-state index in [0.717, 1.165) is 16.7 Å². The number of amides is 1. The van der Waals surface area contributed by atoms with Gasteiger partial charge in [0.2, 0.25) is 0 Å². The molecule has 1 atom stereocenters. The van der Waals surface area contributed by atoms with Crippen LogP contribution in [0, 0.1) is 20.8 Å². The van der Waals surface area contributed by atoms with Crippen molar-refractivity contribution in [3.8, 4) is 0 Å². The Morgan fingerprint density at radius 2 is 1.71 bits per heavy atom. The fourth-order valence-electron chi connectivity index (χ4n) is 2.89. The molecule has 1 aromatic heterocycles. The fraction of sp³-hybridized carbons (Fsp3) is 0.227. The number of rotatable bonds is 6. The first-order valence-electron chi connectivity index (χ1n) is 8.98. The molecule has 0 aliphatic rings. The molecule has 5 nitrogen and oxygen atoms in total. The van der Waals surface area contributed by atoms with E-state index in [4.69, 9.17) is 4.42 Å². The van der Waals surface area contributed by atoms with Gasteiger partial charge in [-0.05, 0) is 68.3 Å². The maximum absolute atomic E-state index is 13.3. The second-order valence-electron chi connectivity index (χ2n) is 6.87. The predicted octanol–water partition coefficient (Wildman–Crippen LogP) is 4.15. The van der Waals surface area contributed by atoms with Crippen LogP contribution in [0.2, 0.25) is 0 Å². The molecular weight excluding hydrogens is 374 g/mol. The van der Waals surface area contributed by atoms with Crippen LogP contribution in [0.5, 0.6) is 0 Å². The number of nitrogens with one attached hydrogen (secondary N) is 1. The Labute approximate surface area is 165 Å². The van der Waals surface area contributed by atoms with Gasteiger partial charge in [0.1, 0.15) is 11.0 Å². The van der Waals surface area contributed by atoms with Crippen molar-refractivity contribution in [1.29, 1.82) is 0 Å². The standard InChI is InChI=1S/C22H23NO4S/c1-15-6-9-18(10-7-15)22(24)23-14-21(20-5-4-12-27-20)28(25,26)19-11-8-16(2)17(3)13-19/h4-13,21H,14H2,1-3H3,(H,23,24)/t21-/m1/s1. The summed E-state index contributed by atoms with van der Waals surface area (Å²) in [5.41, 5.74) is 3.43. The lowest BCUT2D eigenvalue weighted by atomic mass is 10.1. The molecule has 1 amide bonds. The minimum Gasteiger partial charge on any atom is -0.468 e. The Morgan fingerprint density at radius 1 is 1.00 bits per heavy atom. The summed E-state index contributed by atoms with van der Waals surface area (Å²) in [4.78, 5) is 12.7. The van der Waals surface area contributed by atoms with Crippen LogP contribution in [0.1, 0.15) is 38.1 Å². The van der Waals surface area contributed by atoms with Crippen LogP contribution < -0.4 is 5.32 Å². The summed E-state index contributed by atoms with van der Waals surface area (Å²) in [6.07, 6.45) is 1.43. The molecule has 0 saturated heterocycles. The summed E-state index contributed by atoms with van der Waals surface area (Å²) in [7, 11) is -3.76. The molecule has 0 unspecified atom stereocenters. The van der Waals surface area contributed by atoms with Crippen molar-refractivity contribution in [1.82, 2.24) is 5.32 Å². The lowest BCUT2D eigenvalue weighted by Crippen LogP contribution is -2.31. The maximum Gasteiger partial charge on any atom is 0.251 e. The number of carbonyl (C=O) groups excluding carboxylic acids is 1. The van der Waals surface area contributed by atoms with Crippen LogP contribution in [0.25, 0.3) is 0 Å². The molecule has 146 valence electrons. The summed E-state index contributed by atoms with van der Waals surface area (Å²) in [5.74, 6) is -0.0331. The predicted molar refractivity (Wildman–Crippen MR) is 108 cm³/mol. The average Bonchev–Trinajstić information content (AvgIpc) is 3.18. The van der Waals surface area contributed by atoms with Crippen molar-refractivity contribution in [3.63, 3.8) is 0 Å². The highest BCUT2D eigenvalue weighted by Crippen LogP contribution is 2.30. The summed E-state index contributed by atoms with van der Waals surface area (Å²) in [6.45, 7) is 5.65. The maximum atomic E-state index is 13.3. The van der Waals surface area contributed by atoms with E-state index in [1.54, 1.807) is 42.5 Å². The first-order chi connectivity index (χ1) is 13.3. The van der Waals surface area contributed by atoms with Gasteiger partial charge in [-0.15, -0.1) is 0 Å². The Balaban J connectivity index is 1.88. The van der Waals surface area contributed by atoms with E-state index in [9.17, 15) is 13.2 Å². The molecule has 0 spiro atoms. The summed E-state index contributed by atoms with van der Waals surface area (Å²) < 4.78 is 31.9. The van der Waals surface area contributed by atoms with E-state index in [1.165, 1.54) is 6.26 Å². The monoisotopic (exact) mass is 397 g/mol. The third-order valence-corrected chi connectivity index (χ3v) is 6.86. The molecule has 0 aliphatic heterocycles. The molecule has 0 saturated carbocycles. The minimum absolute atomic E-state index is 0.0878. The zero-order chi connectivity index (χ0) is 20.3. The van der Waals surface area contributed by atoms with Gasteiger partial charge in [-0.3, -0.25) is 4.79 Å². The molecule has 3 rings (SSSR count). The molecule has 2 aromatic carbocycles. The number of hydrogen-bond donors (Lipinski definition) is 1. The second kappa shape index (κ2) is 8.02. The second-order valence-corrected chi connectivity index (χ2v) is 9.00. The van der Waals surface area contributed by atoms with Gasteiger partial charge in [0.25, 0.3) is 5.91 Å². The molecule has 0 radical (unpaired) electrons. The zero-order valence-corrected chi connectivity index (χ0v) is 16.9. The molecular formula is C22H23NO4S. The number of carbonyl (C=O) groups is 1. The number of sulfone groups is 1. The Kier molecular flexibility index (Phi) is 5.70. The van der Waals surface area contributed by atoms with Crippen molar-refractivity contribution in [3.05, 3.63) is 88.9 Å². The van der Waals surface area contributed by atoms with Crippen molar-refractivity contribution in [2.24, 2.45) is 0 Å². The van der Waals surface area contributed by atoms with Crippen molar-refractivity contribution in [2.45, 2.75) is 30.9 Å². The Bertz CT molecular complexity index is 1070. The van der Waals surface area contributed by atoms with Gasteiger partial charge >= 0.3 is 0 Å². The highest BCUT2D eigenvalue weighted by atomic mass is 32.2. The van der Waals surface area contributed by atoms with Crippen LogP contribution in [-0.2, 0) is 9.84 Å². The number of aryl methyl sites for hydroxylation is 3. The lowest BCUT2D eigenvalue weighted by Gasteiger charge is -2.17. The first kappa shape index (κ1) is 19.9. The van der Waals surface area contributed by atoms with E-state index >= 15 is 0 Å². The molecule has 0 aliphatic carbocycles. The van der Waals surface area contributed by atoms with Crippen molar-refractivity contribution >= 4 is 15.7 Å². The normalized spacial score (nSPS) is 12.5. The van der Waals surface area contributed by atoms with Gasteiger partial charge in [-0.1, -0.05) is 23.8 Å². The summed E-state index contributed by atoms with van der Waals surface area (Å²) in [6, 6.07) is 15.4.